The Morgan fingerprint density at radius 2 is 2.07 bits per heavy atom. The average molecular weight is 234 g/mol. The van der Waals surface area contributed by atoms with Gasteiger partial charge >= 0.3 is 0 Å². The molecule has 14 heavy (non-hydrogen) atoms. The van der Waals surface area contributed by atoms with Gasteiger partial charge in [0.25, 0.3) is 0 Å². The SMILES string of the molecule is Cc1nc(CN)c2ccccn12.Cl.Cl. The first-order valence-corrected chi connectivity index (χ1v) is 3.95. The molecule has 0 aliphatic rings. The Hall–Kier alpha value is -0.770. The number of hydrogen-bond acceptors (Lipinski definition) is 2. The molecule has 0 unspecified atom stereocenters. The molecule has 0 aliphatic carbocycles. The van der Waals surface area contributed by atoms with Crippen LogP contribution in [-0.4, -0.2) is 9.38 Å². The molecule has 0 aliphatic heterocycles. The van der Waals surface area contributed by atoms with E-state index in [1.807, 2.05) is 35.7 Å². The van der Waals surface area contributed by atoms with E-state index in [9.17, 15) is 0 Å². The summed E-state index contributed by atoms with van der Waals surface area (Å²) in [6.45, 7) is 2.48. The van der Waals surface area contributed by atoms with Crippen LogP contribution in [0.1, 0.15) is 11.5 Å². The Morgan fingerprint density at radius 1 is 1.36 bits per heavy atom. The zero-order chi connectivity index (χ0) is 8.55. The minimum Gasteiger partial charge on any atom is -0.325 e. The van der Waals surface area contributed by atoms with Gasteiger partial charge in [-0.05, 0) is 19.1 Å². The lowest BCUT2D eigenvalue weighted by atomic mass is 10.3. The van der Waals surface area contributed by atoms with E-state index in [1.165, 1.54) is 0 Å². The third kappa shape index (κ3) is 2.00. The second-order valence-electron chi connectivity index (χ2n) is 2.77. The van der Waals surface area contributed by atoms with E-state index in [4.69, 9.17) is 5.73 Å². The molecule has 0 saturated heterocycles. The van der Waals surface area contributed by atoms with E-state index in [-0.39, 0.29) is 24.8 Å². The lowest BCUT2D eigenvalue weighted by Crippen LogP contribution is -1.96. The molecule has 2 N–H and O–H groups in total. The molecule has 0 fully saturated rings. The number of nitrogens with two attached hydrogens (primary N) is 1. The van der Waals surface area contributed by atoms with E-state index in [1.54, 1.807) is 0 Å². The minimum absolute atomic E-state index is 0. The van der Waals surface area contributed by atoms with E-state index >= 15 is 0 Å². The second-order valence-corrected chi connectivity index (χ2v) is 2.77. The lowest BCUT2D eigenvalue weighted by molar-refractivity contribution is 0.991. The smallest absolute Gasteiger partial charge is 0.110 e. The summed E-state index contributed by atoms with van der Waals surface area (Å²) in [7, 11) is 0. The normalized spacial score (nSPS) is 9.29. The number of pyridine rings is 1. The highest BCUT2D eigenvalue weighted by atomic mass is 35.5. The van der Waals surface area contributed by atoms with Crippen molar-refractivity contribution in [2.45, 2.75) is 13.5 Å². The van der Waals surface area contributed by atoms with Crippen molar-refractivity contribution in [3.05, 3.63) is 35.9 Å². The maximum Gasteiger partial charge on any atom is 0.110 e. The quantitative estimate of drug-likeness (QED) is 0.819. The Kier molecular flexibility index (Phi) is 4.91. The third-order valence-corrected chi connectivity index (χ3v) is 1.99. The summed E-state index contributed by atoms with van der Waals surface area (Å²) in [5, 5.41) is 0. The van der Waals surface area contributed by atoms with Crippen molar-refractivity contribution >= 4 is 30.3 Å². The standard InChI is InChI=1S/C9H11N3.2ClH/c1-7-11-8(6-10)9-4-2-3-5-12(7)9;;/h2-5H,6,10H2,1H3;2*1H. The van der Waals surface area contributed by atoms with Gasteiger partial charge in [0.2, 0.25) is 0 Å². The fourth-order valence-electron chi connectivity index (χ4n) is 1.42. The molecule has 2 aromatic rings. The minimum atomic E-state index is 0. The molecule has 0 atom stereocenters. The molecule has 2 aromatic heterocycles. The van der Waals surface area contributed by atoms with Crippen molar-refractivity contribution in [3.8, 4) is 0 Å². The lowest BCUT2D eigenvalue weighted by Gasteiger charge is -1.94. The number of imidazole rings is 1. The molecule has 0 saturated carbocycles. The van der Waals surface area contributed by atoms with E-state index < -0.39 is 0 Å². The number of aryl methyl sites for hydroxylation is 1. The van der Waals surface area contributed by atoms with E-state index in [2.05, 4.69) is 4.98 Å². The van der Waals surface area contributed by atoms with Crippen LogP contribution in [0.4, 0.5) is 0 Å². The van der Waals surface area contributed by atoms with Gasteiger partial charge in [-0.2, -0.15) is 0 Å². The predicted octanol–water partition coefficient (Wildman–Crippen LogP) is 1.95. The van der Waals surface area contributed by atoms with Crippen LogP contribution in [0.3, 0.4) is 0 Å². The van der Waals surface area contributed by atoms with Gasteiger partial charge in [0, 0.05) is 12.7 Å². The molecule has 0 amide bonds. The first-order chi connectivity index (χ1) is 5.83. The Bertz CT molecular complexity index is 411. The van der Waals surface area contributed by atoms with Crippen molar-refractivity contribution in [2.24, 2.45) is 5.73 Å². The van der Waals surface area contributed by atoms with Gasteiger partial charge in [-0.15, -0.1) is 24.8 Å². The van der Waals surface area contributed by atoms with E-state index in [0.717, 1.165) is 17.0 Å². The topological polar surface area (TPSA) is 43.3 Å². The van der Waals surface area contributed by atoms with Crippen molar-refractivity contribution in [3.63, 3.8) is 0 Å². The van der Waals surface area contributed by atoms with Crippen molar-refractivity contribution in [1.29, 1.82) is 0 Å². The van der Waals surface area contributed by atoms with Gasteiger partial charge in [-0.25, -0.2) is 4.98 Å². The number of fused-ring (bicyclic) bond motifs is 1. The number of rotatable bonds is 1. The summed E-state index contributed by atoms with van der Waals surface area (Å²) in [4.78, 5) is 4.35. The number of aromatic nitrogens is 2. The fourth-order valence-corrected chi connectivity index (χ4v) is 1.42. The molecule has 3 nitrogen and oxygen atoms in total. The number of nitrogens with zero attached hydrogens (tertiary/aromatic N) is 2. The van der Waals surface area contributed by atoms with Crippen LogP contribution < -0.4 is 5.73 Å². The highest BCUT2D eigenvalue weighted by Crippen LogP contribution is 2.10. The van der Waals surface area contributed by atoms with Crippen LogP contribution in [-0.2, 0) is 6.54 Å². The first-order valence-electron chi connectivity index (χ1n) is 3.95. The molecule has 2 heterocycles. The van der Waals surface area contributed by atoms with Gasteiger partial charge < -0.3 is 10.1 Å². The molecule has 5 heteroatoms. The molecule has 0 radical (unpaired) electrons. The molecule has 2 rings (SSSR count). The maximum absolute atomic E-state index is 5.55. The maximum atomic E-state index is 5.55. The zero-order valence-corrected chi connectivity index (χ0v) is 9.44. The summed E-state index contributed by atoms with van der Waals surface area (Å²) in [6.07, 6.45) is 2.00. The number of halogens is 2. The van der Waals surface area contributed by atoms with Crippen LogP contribution in [0, 0.1) is 6.92 Å². The molecular formula is C9H13Cl2N3. The number of hydrogen-bond donors (Lipinski definition) is 1. The summed E-state index contributed by atoms with van der Waals surface area (Å²) in [6, 6.07) is 6.01. The fraction of sp³-hybridized carbons (Fsp3) is 0.222. The monoisotopic (exact) mass is 233 g/mol. The van der Waals surface area contributed by atoms with E-state index in [0.29, 0.717) is 6.54 Å². The molecule has 0 bridgehead atoms. The van der Waals surface area contributed by atoms with Gasteiger partial charge in [0.05, 0.1) is 11.2 Å². The molecule has 0 aromatic carbocycles. The van der Waals surface area contributed by atoms with Crippen LogP contribution >= 0.6 is 24.8 Å². The van der Waals surface area contributed by atoms with Crippen molar-refractivity contribution in [1.82, 2.24) is 9.38 Å². The third-order valence-electron chi connectivity index (χ3n) is 1.99. The van der Waals surface area contributed by atoms with Crippen molar-refractivity contribution in [2.75, 3.05) is 0 Å². The van der Waals surface area contributed by atoms with Crippen LogP contribution in [0.2, 0.25) is 0 Å². The van der Waals surface area contributed by atoms with Crippen LogP contribution in [0.25, 0.3) is 5.52 Å². The van der Waals surface area contributed by atoms with Crippen LogP contribution in [0.5, 0.6) is 0 Å². The van der Waals surface area contributed by atoms with Crippen LogP contribution in [0.15, 0.2) is 24.4 Å². The first kappa shape index (κ1) is 13.2. The highest BCUT2D eigenvalue weighted by molar-refractivity contribution is 5.85. The molecule has 78 valence electrons. The molecular weight excluding hydrogens is 221 g/mol. The second kappa shape index (κ2) is 5.20. The largest absolute Gasteiger partial charge is 0.325 e. The zero-order valence-electron chi connectivity index (χ0n) is 7.80. The molecule has 0 spiro atoms. The average Bonchev–Trinajstić information content (AvgIpc) is 2.44. The Morgan fingerprint density at radius 3 is 2.71 bits per heavy atom. The van der Waals surface area contributed by atoms with Gasteiger partial charge in [0.15, 0.2) is 0 Å². The van der Waals surface area contributed by atoms with Gasteiger partial charge in [-0.1, -0.05) is 6.07 Å². The highest BCUT2D eigenvalue weighted by Gasteiger charge is 2.03. The van der Waals surface area contributed by atoms with Gasteiger partial charge in [0.1, 0.15) is 5.82 Å². The van der Waals surface area contributed by atoms with Gasteiger partial charge in [-0.3, -0.25) is 0 Å². The Balaban J connectivity index is 0.000000845. The Labute approximate surface area is 95.1 Å². The van der Waals surface area contributed by atoms with Crippen molar-refractivity contribution < 1.29 is 0 Å². The summed E-state index contributed by atoms with van der Waals surface area (Å²) in [5.41, 5.74) is 7.63. The predicted molar refractivity (Wildman–Crippen MR) is 62.3 cm³/mol. The summed E-state index contributed by atoms with van der Waals surface area (Å²) < 4.78 is 2.04. The summed E-state index contributed by atoms with van der Waals surface area (Å²) in [5.74, 6) is 0.992. The summed E-state index contributed by atoms with van der Waals surface area (Å²) >= 11 is 0.